The maximum Gasteiger partial charge on any atom is 0.360 e. The van der Waals surface area contributed by atoms with Crippen LogP contribution in [0.2, 0.25) is 5.02 Å². The summed E-state index contributed by atoms with van der Waals surface area (Å²) < 4.78 is 15.3. The average molecular weight is 389 g/mol. The topological polar surface area (TPSA) is 93.8 Å². The van der Waals surface area contributed by atoms with Crippen LogP contribution in [0.4, 0.5) is 5.69 Å². The number of carbonyl (C=O) groups is 1. The van der Waals surface area contributed by atoms with Gasteiger partial charge < -0.3 is 24.4 Å². The molecule has 0 saturated carbocycles. The van der Waals surface area contributed by atoms with E-state index in [4.69, 9.17) is 32.5 Å². The first-order valence-electron chi connectivity index (χ1n) is 7.40. The molecule has 1 unspecified atom stereocenters. The molecular formula is C16H18Cl2N2O5. The van der Waals surface area contributed by atoms with Gasteiger partial charge in [0.15, 0.2) is 5.69 Å². The molecule has 1 aromatic carbocycles. The normalized spacial score (nSPS) is 11.9. The Balaban J connectivity index is 2.04. The highest BCUT2D eigenvalue weighted by atomic mass is 35.5. The summed E-state index contributed by atoms with van der Waals surface area (Å²) in [7, 11) is 1.26. The van der Waals surface area contributed by atoms with Gasteiger partial charge in [-0.15, -0.1) is 11.6 Å². The summed E-state index contributed by atoms with van der Waals surface area (Å²) >= 11 is 11.7. The van der Waals surface area contributed by atoms with Crippen LogP contribution in [0.3, 0.4) is 0 Å². The lowest BCUT2D eigenvalue weighted by Crippen LogP contribution is -2.20. The third-order valence-electron chi connectivity index (χ3n) is 3.39. The summed E-state index contributed by atoms with van der Waals surface area (Å²) in [5.74, 6) is 0.438. The number of esters is 1. The predicted octanol–water partition coefficient (Wildman–Crippen LogP) is 3.01. The van der Waals surface area contributed by atoms with Crippen LogP contribution in [0.1, 0.15) is 21.8 Å². The van der Waals surface area contributed by atoms with Crippen LogP contribution in [0.5, 0.6) is 5.75 Å². The summed E-state index contributed by atoms with van der Waals surface area (Å²) in [5, 5.41) is 16.5. The largest absolute Gasteiger partial charge is 0.487 e. The zero-order valence-electron chi connectivity index (χ0n) is 13.7. The first-order valence-corrected chi connectivity index (χ1v) is 8.31. The van der Waals surface area contributed by atoms with Crippen molar-refractivity contribution in [1.29, 1.82) is 0 Å². The third-order valence-corrected chi connectivity index (χ3v) is 4.04. The smallest absolute Gasteiger partial charge is 0.360 e. The molecule has 7 nitrogen and oxygen atoms in total. The number of alkyl halides is 1. The quantitative estimate of drug-likeness (QED) is 0.530. The SMILES string of the molecule is COC(=O)c1noc(C)c1COc1ccc(NCC(O)CCl)cc1Cl. The Morgan fingerprint density at radius 3 is 2.88 bits per heavy atom. The lowest BCUT2D eigenvalue weighted by atomic mass is 10.2. The number of aryl methyl sites for hydroxylation is 1. The Morgan fingerprint density at radius 1 is 1.48 bits per heavy atom. The number of rotatable bonds is 8. The third kappa shape index (κ3) is 5.01. The van der Waals surface area contributed by atoms with Gasteiger partial charge in [-0.3, -0.25) is 0 Å². The van der Waals surface area contributed by atoms with Crippen molar-refractivity contribution in [3.05, 3.63) is 40.2 Å². The number of hydrogen-bond acceptors (Lipinski definition) is 7. The van der Waals surface area contributed by atoms with Gasteiger partial charge in [0.2, 0.25) is 0 Å². The van der Waals surface area contributed by atoms with Crippen molar-refractivity contribution < 1.29 is 23.9 Å². The van der Waals surface area contributed by atoms with E-state index in [-0.39, 0.29) is 18.2 Å². The molecule has 0 aliphatic rings. The number of methoxy groups -OCH3 is 1. The van der Waals surface area contributed by atoms with Gasteiger partial charge in [0.25, 0.3) is 0 Å². The number of aliphatic hydroxyl groups is 1. The van der Waals surface area contributed by atoms with Crippen LogP contribution < -0.4 is 10.1 Å². The summed E-state index contributed by atoms with van der Waals surface area (Å²) in [4.78, 5) is 11.7. The van der Waals surface area contributed by atoms with Crippen LogP contribution in [0.15, 0.2) is 22.7 Å². The fourth-order valence-electron chi connectivity index (χ4n) is 1.99. The second-order valence-corrected chi connectivity index (χ2v) is 5.90. The first kappa shape index (κ1) is 19.4. The van der Waals surface area contributed by atoms with Crippen LogP contribution in [-0.2, 0) is 11.3 Å². The molecule has 1 heterocycles. The number of carbonyl (C=O) groups excluding carboxylic acids is 1. The molecule has 9 heteroatoms. The van der Waals surface area contributed by atoms with E-state index in [2.05, 4.69) is 15.2 Å². The van der Waals surface area contributed by atoms with Crippen LogP contribution in [0.25, 0.3) is 0 Å². The minimum absolute atomic E-state index is 0.0528. The Kier molecular flexibility index (Phi) is 6.92. The monoisotopic (exact) mass is 388 g/mol. The molecule has 0 amide bonds. The second kappa shape index (κ2) is 8.94. The zero-order chi connectivity index (χ0) is 18.4. The highest BCUT2D eigenvalue weighted by Crippen LogP contribution is 2.29. The van der Waals surface area contributed by atoms with E-state index in [0.717, 1.165) is 5.69 Å². The predicted molar refractivity (Wildman–Crippen MR) is 93.6 cm³/mol. The Labute approximate surface area is 154 Å². The van der Waals surface area contributed by atoms with Crippen LogP contribution in [-0.4, -0.2) is 41.9 Å². The minimum Gasteiger partial charge on any atom is -0.487 e. The van der Waals surface area contributed by atoms with Gasteiger partial charge >= 0.3 is 5.97 Å². The second-order valence-electron chi connectivity index (χ2n) is 5.18. The van der Waals surface area contributed by atoms with Crippen molar-refractivity contribution in [3.63, 3.8) is 0 Å². The Morgan fingerprint density at radius 2 is 2.24 bits per heavy atom. The summed E-state index contributed by atoms with van der Waals surface area (Å²) in [6, 6.07) is 5.10. The maximum atomic E-state index is 11.7. The summed E-state index contributed by atoms with van der Waals surface area (Å²) in [6.45, 7) is 2.04. The molecule has 25 heavy (non-hydrogen) atoms. The molecule has 1 atom stereocenters. The molecule has 0 aliphatic carbocycles. The fourth-order valence-corrected chi connectivity index (χ4v) is 2.33. The maximum absolute atomic E-state index is 11.7. The van der Waals surface area contributed by atoms with E-state index in [1.165, 1.54) is 7.11 Å². The zero-order valence-corrected chi connectivity index (χ0v) is 15.2. The number of halogens is 2. The molecule has 0 aliphatic heterocycles. The van der Waals surface area contributed by atoms with E-state index in [1.54, 1.807) is 25.1 Å². The molecule has 2 rings (SSSR count). The van der Waals surface area contributed by atoms with E-state index in [0.29, 0.717) is 28.6 Å². The molecule has 136 valence electrons. The van der Waals surface area contributed by atoms with Gasteiger partial charge in [-0.05, 0) is 25.1 Å². The molecular weight excluding hydrogens is 371 g/mol. The van der Waals surface area contributed by atoms with Gasteiger partial charge in [-0.1, -0.05) is 16.8 Å². The van der Waals surface area contributed by atoms with E-state index in [9.17, 15) is 9.90 Å². The molecule has 0 bridgehead atoms. The standard InChI is InChI=1S/C16H18Cl2N2O5/c1-9-12(15(20-25-9)16(22)23-2)8-24-14-4-3-10(5-13(14)18)19-7-11(21)6-17/h3-5,11,19,21H,6-8H2,1-2H3. The Bertz CT molecular complexity index is 735. The van der Waals surface area contributed by atoms with Crippen molar-refractivity contribution in [3.8, 4) is 5.75 Å². The van der Waals surface area contributed by atoms with Gasteiger partial charge in [-0.2, -0.15) is 0 Å². The van der Waals surface area contributed by atoms with Crippen LogP contribution >= 0.6 is 23.2 Å². The summed E-state index contributed by atoms with van der Waals surface area (Å²) in [6.07, 6.45) is -0.648. The van der Waals surface area contributed by atoms with E-state index < -0.39 is 12.1 Å². The van der Waals surface area contributed by atoms with E-state index >= 15 is 0 Å². The number of aliphatic hydroxyl groups excluding tert-OH is 1. The van der Waals surface area contributed by atoms with Gasteiger partial charge in [0, 0.05) is 12.2 Å². The molecule has 1 aromatic heterocycles. The fraction of sp³-hybridized carbons (Fsp3) is 0.375. The number of anilines is 1. The number of ether oxygens (including phenoxy) is 2. The molecule has 0 fully saturated rings. The van der Waals surface area contributed by atoms with Crippen molar-refractivity contribution >= 4 is 34.9 Å². The molecule has 0 radical (unpaired) electrons. The molecule has 0 saturated heterocycles. The lowest BCUT2D eigenvalue weighted by Gasteiger charge is -2.12. The van der Waals surface area contributed by atoms with Crippen molar-refractivity contribution in [2.75, 3.05) is 24.9 Å². The van der Waals surface area contributed by atoms with Crippen molar-refractivity contribution in [1.82, 2.24) is 5.16 Å². The van der Waals surface area contributed by atoms with Crippen molar-refractivity contribution in [2.24, 2.45) is 0 Å². The number of aromatic nitrogens is 1. The van der Waals surface area contributed by atoms with Crippen LogP contribution in [0, 0.1) is 6.92 Å². The van der Waals surface area contributed by atoms with Gasteiger partial charge in [0.1, 0.15) is 18.1 Å². The average Bonchev–Trinajstić information content (AvgIpc) is 2.98. The highest BCUT2D eigenvalue weighted by Gasteiger charge is 2.21. The van der Waals surface area contributed by atoms with Gasteiger partial charge in [-0.25, -0.2) is 4.79 Å². The van der Waals surface area contributed by atoms with E-state index in [1.807, 2.05) is 0 Å². The molecule has 2 N–H and O–H groups in total. The Hall–Kier alpha value is -1.96. The highest BCUT2D eigenvalue weighted by molar-refractivity contribution is 6.32. The molecule has 2 aromatic rings. The minimum atomic E-state index is -0.648. The number of nitrogens with zero attached hydrogens (tertiary/aromatic N) is 1. The summed E-state index contributed by atoms with van der Waals surface area (Å²) in [5.41, 5.74) is 1.29. The number of hydrogen-bond donors (Lipinski definition) is 2. The van der Waals surface area contributed by atoms with Crippen molar-refractivity contribution in [2.45, 2.75) is 19.6 Å². The molecule has 0 spiro atoms. The lowest BCUT2D eigenvalue weighted by molar-refractivity contribution is 0.0586. The number of benzene rings is 1. The van der Waals surface area contributed by atoms with Gasteiger partial charge in [0.05, 0.1) is 29.7 Å². The number of nitrogens with one attached hydrogen (secondary N) is 1. The first-order chi connectivity index (χ1) is 12.0.